The summed E-state index contributed by atoms with van der Waals surface area (Å²) in [4.78, 5) is 11.5. The molecule has 4 heteroatoms. The Morgan fingerprint density at radius 1 is 1.40 bits per heavy atom. The maximum atomic E-state index is 11.5. The minimum atomic E-state index is -0.414. The Balaban J connectivity index is 2.31. The van der Waals surface area contributed by atoms with Crippen molar-refractivity contribution in [2.75, 3.05) is 13.6 Å². The molecule has 0 bridgehead atoms. The lowest BCUT2D eigenvalue weighted by atomic mass is 10.2. The molecule has 1 aliphatic rings. The monoisotopic (exact) mass is 214 g/mol. The SMILES string of the molecule is CNCCC1(NC(=O)OC(C)(C)C)CC1. The van der Waals surface area contributed by atoms with Crippen molar-refractivity contribution < 1.29 is 9.53 Å². The molecule has 1 amide bonds. The number of hydrogen-bond acceptors (Lipinski definition) is 3. The summed E-state index contributed by atoms with van der Waals surface area (Å²) in [5.41, 5.74) is -0.408. The maximum Gasteiger partial charge on any atom is 0.408 e. The fraction of sp³-hybridized carbons (Fsp3) is 0.909. The van der Waals surface area contributed by atoms with Gasteiger partial charge >= 0.3 is 6.09 Å². The maximum absolute atomic E-state index is 11.5. The van der Waals surface area contributed by atoms with Crippen LogP contribution in [0.2, 0.25) is 0 Å². The van der Waals surface area contributed by atoms with Crippen LogP contribution < -0.4 is 10.6 Å². The summed E-state index contributed by atoms with van der Waals surface area (Å²) in [6, 6.07) is 0. The van der Waals surface area contributed by atoms with Gasteiger partial charge in [0, 0.05) is 5.54 Å². The van der Waals surface area contributed by atoms with Crippen LogP contribution in [0.5, 0.6) is 0 Å². The third-order valence-corrected chi connectivity index (χ3v) is 2.47. The zero-order valence-electron chi connectivity index (χ0n) is 10.1. The van der Waals surface area contributed by atoms with Crippen molar-refractivity contribution in [1.29, 1.82) is 0 Å². The fourth-order valence-electron chi connectivity index (χ4n) is 1.47. The molecule has 0 atom stereocenters. The highest BCUT2D eigenvalue weighted by Crippen LogP contribution is 2.38. The summed E-state index contributed by atoms with van der Waals surface area (Å²) in [5, 5.41) is 6.05. The molecule has 0 aromatic rings. The zero-order chi connectivity index (χ0) is 11.5. The van der Waals surface area contributed by atoms with Gasteiger partial charge in [-0.15, -0.1) is 0 Å². The Morgan fingerprint density at radius 3 is 2.40 bits per heavy atom. The van der Waals surface area contributed by atoms with Gasteiger partial charge in [-0.3, -0.25) is 0 Å². The Kier molecular flexibility index (Phi) is 3.60. The first-order chi connectivity index (χ1) is 6.87. The van der Waals surface area contributed by atoms with Crippen molar-refractivity contribution in [1.82, 2.24) is 10.6 Å². The van der Waals surface area contributed by atoms with Crippen LogP contribution in [-0.2, 0) is 4.74 Å². The molecule has 0 radical (unpaired) electrons. The molecule has 1 fully saturated rings. The Morgan fingerprint density at radius 2 is 2.00 bits per heavy atom. The van der Waals surface area contributed by atoms with Gasteiger partial charge in [0.15, 0.2) is 0 Å². The van der Waals surface area contributed by atoms with Gasteiger partial charge in [0.05, 0.1) is 0 Å². The quantitative estimate of drug-likeness (QED) is 0.748. The lowest BCUT2D eigenvalue weighted by Crippen LogP contribution is -2.41. The van der Waals surface area contributed by atoms with Gasteiger partial charge in [0.1, 0.15) is 5.60 Å². The number of carbonyl (C=O) groups excluding carboxylic acids is 1. The first-order valence-electron chi connectivity index (χ1n) is 5.53. The normalized spacial score (nSPS) is 18.4. The Hall–Kier alpha value is -0.770. The second kappa shape index (κ2) is 4.39. The van der Waals surface area contributed by atoms with E-state index in [1.165, 1.54) is 0 Å². The van der Waals surface area contributed by atoms with E-state index in [-0.39, 0.29) is 11.6 Å². The van der Waals surface area contributed by atoms with E-state index in [1.54, 1.807) is 0 Å². The van der Waals surface area contributed by atoms with Gasteiger partial charge in [0.2, 0.25) is 0 Å². The molecule has 0 aromatic carbocycles. The highest BCUT2D eigenvalue weighted by molar-refractivity contribution is 5.69. The largest absolute Gasteiger partial charge is 0.444 e. The molecule has 0 aromatic heterocycles. The first-order valence-corrected chi connectivity index (χ1v) is 5.53. The predicted molar refractivity (Wildman–Crippen MR) is 59.9 cm³/mol. The molecule has 1 aliphatic carbocycles. The standard InChI is InChI=1S/C11H22N2O2/c1-10(2,3)15-9(14)13-11(5-6-11)7-8-12-4/h12H,5-8H2,1-4H3,(H,13,14). The Bertz CT molecular complexity index is 229. The van der Waals surface area contributed by atoms with Crippen LogP contribution in [-0.4, -0.2) is 30.8 Å². The van der Waals surface area contributed by atoms with Crippen molar-refractivity contribution in [3.63, 3.8) is 0 Å². The summed E-state index contributed by atoms with van der Waals surface area (Å²) >= 11 is 0. The van der Waals surface area contributed by atoms with Gasteiger partial charge in [-0.05, 0) is 53.6 Å². The van der Waals surface area contributed by atoms with Gasteiger partial charge in [0.25, 0.3) is 0 Å². The van der Waals surface area contributed by atoms with Crippen molar-refractivity contribution >= 4 is 6.09 Å². The van der Waals surface area contributed by atoms with Crippen LogP contribution in [0, 0.1) is 0 Å². The van der Waals surface area contributed by atoms with Crippen molar-refractivity contribution in [2.24, 2.45) is 0 Å². The molecule has 0 heterocycles. The van der Waals surface area contributed by atoms with E-state index in [0.29, 0.717) is 0 Å². The molecular formula is C11H22N2O2. The molecule has 0 unspecified atom stereocenters. The van der Waals surface area contributed by atoms with Crippen LogP contribution in [0.1, 0.15) is 40.0 Å². The van der Waals surface area contributed by atoms with Crippen molar-refractivity contribution in [2.45, 2.75) is 51.2 Å². The summed E-state index contributed by atoms with van der Waals surface area (Å²) < 4.78 is 5.22. The predicted octanol–water partition coefficient (Wildman–Crippen LogP) is 1.65. The minimum Gasteiger partial charge on any atom is -0.444 e. The van der Waals surface area contributed by atoms with Gasteiger partial charge in [-0.1, -0.05) is 0 Å². The Labute approximate surface area is 91.8 Å². The van der Waals surface area contributed by atoms with E-state index in [2.05, 4.69) is 10.6 Å². The number of nitrogens with one attached hydrogen (secondary N) is 2. The van der Waals surface area contributed by atoms with E-state index in [1.807, 2.05) is 27.8 Å². The second-order valence-corrected chi connectivity index (χ2v) is 5.26. The van der Waals surface area contributed by atoms with Gasteiger partial charge in [-0.2, -0.15) is 0 Å². The van der Waals surface area contributed by atoms with Crippen LogP contribution in [0.15, 0.2) is 0 Å². The van der Waals surface area contributed by atoms with E-state index >= 15 is 0 Å². The number of ether oxygens (including phenoxy) is 1. The van der Waals surface area contributed by atoms with E-state index < -0.39 is 5.60 Å². The molecule has 15 heavy (non-hydrogen) atoms. The molecule has 0 saturated heterocycles. The second-order valence-electron chi connectivity index (χ2n) is 5.26. The smallest absolute Gasteiger partial charge is 0.408 e. The summed E-state index contributed by atoms with van der Waals surface area (Å²) in [5.74, 6) is 0. The summed E-state index contributed by atoms with van der Waals surface area (Å²) in [7, 11) is 1.92. The summed E-state index contributed by atoms with van der Waals surface area (Å²) in [6.45, 7) is 6.55. The third kappa shape index (κ3) is 4.51. The van der Waals surface area contributed by atoms with Gasteiger partial charge in [-0.25, -0.2) is 4.79 Å². The molecule has 0 spiro atoms. The fourth-order valence-corrected chi connectivity index (χ4v) is 1.47. The van der Waals surface area contributed by atoms with E-state index in [4.69, 9.17) is 4.74 Å². The van der Waals surface area contributed by atoms with Crippen LogP contribution in [0.25, 0.3) is 0 Å². The third-order valence-electron chi connectivity index (χ3n) is 2.47. The van der Waals surface area contributed by atoms with Crippen molar-refractivity contribution in [3.8, 4) is 0 Å². The summed E-state index contributed by atoms with van der Waals surface area (Å²) in [6.07, 6.45) is 2.81. The number of alkyl carbamates (subject to hydrolysis) is 1. The van der Waals surface area contributed by atoms with E-state index in [0.717, 1.165) is 25.8 Å². The molecule has 88 valence electrons. The first kappa shape index (κ1) is 12.3. The topological polar surface area (TPSA) is 50.4 Å². The molecule has 4 nitrogen and oxygen atoms in total. The van der Waals surface area contributed by atoms with E-state index in [9.17, 15) is 4.79 Å². The van der Waals surface area contributed by atoms with Crippen LogP contribution >= 0.6 is 0 Å². The molecule has 1 saturated carbocycles. The molecular weight excluding hydrogens is 192 g/mol. The van der Waals surface area contributed by atoms with Crippen molar-refractivity contribution in [3.05, 3.63) is 0 Å². The lowest BCUT2D eigenvalue weighted by molar-refractivity contribution is 0.0494. The average molecular weight is 214 g/mol. The lowest BCUT2D eigenvalue weighted by Gasteiger charge is -2.23. The van der Waals surface area contributed by atoms with Crippen LogP contribution in [0.4, 0.5) is 4.79 Å². The zero-order valence-corrected chi connectivity index (χ0v) is 10.1. The highest BCUT2D eigenvalue weighted by Gasteiger charge is 2.44. The van der Waals surface area contributed by atoms with Crippen LogP contribution in [0.3, 0.4) is 0 Å². The number of rotatable bonds is 4. The number of hydrogen-bond donors (Lipinski definition) is 2. The highest BCUT2D eigenvalue weighted by atomic mass is 16.6. The van der Waals surface area contributed by atoms with Gasteiger partial charge < -0.3 is 15.4 Å². The number of carbonyl (C=O) groups is 1. The molecule has 0 aliphatic heterocycles. The molecule has 2 N–H and O–H groups in total. The minimum absolute atomic E-state index is 0.00530. The number of amides is 1. The average Bonchev–Trinajstić information content (AvgIpc) is 2.78. The molecule has 1 rings (SSSR count).